The van der Waals surface area contributed by atoms with Crippen molar-refractivity contribution in [3.05, 3.63) is 38.3 Å². The summed E-state index contributed by atoms with van der Waals surface area (Å²) in [5, 5.41) is 7.62. The zero-order valence-corrected chi connectivity index (χ0v) is 17.3. The second-order valence-corrected chi connectivity index (χ2v) is 7.22. The van der Waals surface area contributed by atoms with E-state index in [0.29, 0.717) is 24.6 Å². The molecule has 1 aromatic heterocycles. The molecule has 0 bridgehead atoms. The topological polar surface area (TPSA) is 67.8 Å². The van der Waals surface area contributed by atoms with Crippen molar-refractivity contribution in [1.29, 1.82) is 0 Å². The quantitative estimate of drug-likeness (QED) is 0.524. The molecule has 0 saturated carbocycles. The first-order valence-electron chi connectivity index (χ1n) is 7.89. The zero-order chi connectivity index (χ0) is 18.2. The van der Waals surface area contributed by atoms with Gasteiger partial charge in [0, 0.05) is 24.7 Å². The van der Waals surface area contributed by atoms with Gasteiger partial charge in [-0.2, -0.15) is 0 Å². The van der Waals surface area contributed by atoms with Gasteiger partial charge in [-0.25, -0.2) is 4.98 Å². The molecule has 0 aliphatic heterocycles. The average Bonchev–Trinajstić information content (AvgIpc) is 3.09. The number of hydrogen-bond donors (Lipinski definition) is 2. The molecule has 6 nitrogen and oxygen atoms in total. The highest BCUT2D eigenvalue weighted by molar-refractivity contribution is 9.10. The molecule has 8 heteroatoms. The summed E-state index contributed by atoms with van der Waals surface area (Å²) in [7, 11) is 4.99. The van der Waals surface area contributed by atoms with E-state index in [-0.39, 0.29) is 0 Å². The lowest BCUT2D eigenvalue weighted by atomic mass is 10.2. The van der Waals surface area contributed by atoms with Crippen molar-refractivity contribution in [2.24, 2.45) is 4.99 Å². The van der Waals surface area contributed by atoms with Gasteiger partial charge in [0.15, 0.2) is 17.5 Å². The molecule has 0 radical (unpaired) electrons. The maximum atomic E-state index is 5.37. The van der Waals surface area contributed by atoms with Crippen LogP contribution < -0.4 is 20.1 Å². The lowest BCUT2D eigenvalue weighted by molar-refractivity contribution is 0.352. The minimum atomic E-state index is 0.608. The number of aryl methyl sites for hydroxylation is 1. The Bertz CT molecular complexity index is 733. The fourth-order valence-electron chi connectivity index (χ4n) is 2.23. The Balaban J connectivity index is 1.95. The monoisotopic (exact) mass is 426 g/mol. The summed E-state index contributed by atoms with van der Waals surface area (Å²) < 4.78 is 11.6. The first kappa shape index (κ1) is 19.5. The van der Waals surface area contributed by atoms with Gasteiger partial charge >= 0.3 is 0 Å². The van der Waals surface area contributed by atoms with Gasteiger partial charge in [-0.15, -0.1) is 11.3 Å². The molecule has 0 amide bonds. The largest absolute Gasteiger partial charge is 0.493 e. The molecule has 0 unspecified atom stereocenters. The van der Waals surface area contributed by atoms with E-state index in [1.807, 2.05) is 18.3 Å². The SMILES string of the molecule is CCc1cnc(CNC(=NC)NCc2cc(Br)c(OC)c(OC)c2)s1. The van der Waals surface area contributed by atoms with Gasteiger partial charge < -0.3 is 20.1 Å². The molecular weight excluding hydrogens is 404 g/mol. The van der Waals surface area contributed by atoms with Crippen molar-refractivity contribution in [2.75, 3.05) is 21.3 Å². The van der Waals surface area contributed by atoms with E-state index in [9.17, 15) is 0 Å². The van der Waals surface area contributed by atoms with Gasteiger partial charge in [-0.1, -0.05) is 6.92 Å². The maximum absolute atomic E-state index is 5.37. The summed E-state index contributed by atoms with van der Waals surface area (Å²) in [6.07, 6.45) is 2.94. The molecule has 0 saturated heterocycles. The summed E-state index contributed by atoms with van der Waals surface area (Å²) in [5.74, 6) is 2.09. The number of methoxy groups -OCH3 is 2. The Labute approximate surface area is 160 Å². The number of ether oxygens (including phenoxy) is 2. The van der Waals surface area contributed by atoms with Crippen LogP contribution in [0.1, 0.15) is 22.4 Å². The number of nitrogens with one attached hydrogen (secondary N) is 2. The van der Waals surface area contributed by atoms with E-state index in [1.54, 1.807) is 32.6 Å². The number of aromatic nitrogens is 1. The smallest absolute Gasteiger partial charge is 0.191 e. The highest BCUT2D eigenvalue weighted by atomic mass is 79.9. The number of thiazole rings is 1. The molecule has 2 N–H and O–H groups in total. The van der Waals surface area contributed by atoms with Crippen LogP contribution in [0.3, 0.4) is 0 Å². The van der Waals surface area contributed by atoms with Crippen molar-refractivity contribution < 1.29 is 9.47 Å². The summed E-state index contributed by atoms with van der Waals surface area (Å²) in [6.45, 7) is 3.39. The molecule has 136 valence electrons. The second kappa shape index (κ2) is 9.62. The second-order valence-electron chi connectivity index (χ2n) is 5.17. The predicted molar refractivity (Wildman–Crippen MR) is 106 cm³/mol. The van der Waals surface area contributed by atoms with Gasteiger partial charge in [0.25, 0.3) is 0 Å². The van der Waals surface area contributed by atoms with Crippen molar-refractivity contribution in [3.8, 4) is 11.5 Å². The van der Waals surface area contributed by atoms with Gasteiger partial charge in [-0.05, 0) is 40.0 Å². The molecule has 0 fully saturated rings. The summed E-state index contributed by atoms with van der Waals surface area (Å²) in [6, 6.07) is 3.94. The fraction of sp³-hybridized carbons (Fsp3) is 0.412. The van der Waals surface area contributed by atoms with E-state index in [2.05, 4.69) is 43.5 Å². The average molecular weight is 427 g/mol. The first-order valence-corrected chi connectivity index (χ1v) is 9.50. The van der Waals surface area contributed by atoms with Gasteiger partial charge in [0.05, 0.1) is 25.2 Å². The van der Waals surface area contributed by atoms with Crippen LogP contribution in [0, 0.1) is 0 Å². The Kier molecular flexibility index (Phi) is 7.52. The van der Waals surface area contributed by atoms with Crippen molar-refractivity contribution in [3.63, 3.8) is 0 Å². The lowest BCUT2D eigenvalue weighted by Crippen LogP contribution is -2.36. The molecule has 0 aliphatic rings. The lowest BCUT2D eigenvalue weighted by Gasteiger charge is -2.14. The third-order valence-electron chi connectivity index (χ3n) is 3.53. The van der Waals surface area contributed by atoms with E-state index in [1.165, 1.54) is 4.88 Å². The van der Waals surface area contributed by atoms with E-state index in [4.69, 9.17) is 9.47 Å². The standard InChI is InChI=1S/C17H23BrN4O2S/c1-5-12-9-20-15(25-12)10-22-17(19-2)21-8-11-6-13(18)16(24-4)14(7-11)23-3/h6-7,9H,5,8,10H2,1-4H3,(H2,19,21,22). The Morgan fingerprint density at radius 1 is 1.24 bits per heavy atom. The first-order chi connectivity index (χ1) is 12.1. The number of hydrogen-bond acceptors (Lipinski definition) is 5. The molecule has 1 aromatic carbocycles. The highest BCUT2D eigenvalue weighted by Crippen LogP contribution is 2.36. The number of halogens is 1. The summed E-state index contributed by atoms with van der Waals surface area (Å²) in [5.41, 5.74) is 1.05. The summed E-state index contributed by atoms with van der Waals surface area (Å²) in [4.78, 5) is 9.94. The molecular formula is C17H23BrN4O2S. The van der Waals surface area contributed by atoms with E-state index >= 15 is 0 Å². The molecule has 1 heterocycles. The van der Waals surface area contributed by atoms with Gasteiger partial charge in [-0.3, -0.25) is 4.99 Å². The van der Waals surface area contributed by atoms with Gasteiger partial charge in [0.1, 0.15) is 5.01 Å². The van der Waals surface area contributed by atoms with E-state index in [0.717, 1.165) is 27.4 Å². The highest BCUT2D eigenvalue weighted by Gasteiger charge is 2.11. The van der Waals surface area contributed by atoms with Crippen LogP contribution in [0.15, 0.2) is 27.8 Å². The molecule has 25 heavy (non-hydrogen) atoms. The zero-order valence-electron chi connectivity index (χ0n) is 14.9. The molecule has 0 spiro atoms. The third-order valence-corrected chi connectivity index (χ3v) is 5.26. The predicted octanol–water partition coefficient (Wildman–Crippen LogP) is 3.35. The van der Waals surface area contributed by atoms with Gasteiger partial charge in [0.2, 0.25) is 0 Å². The number of aliphatic imine (C=N–C) groups is 1. The van der Waals surface area contributed by atoms with Crippen LogP contribution in [0.4, 0.5) is 0 Å². The number of guanidine groups is 1. The van der Waals surface area contributed by atoms with Crippen molar-refractivity contribution >= 4 is 33.2 Å². The number of rotatable bonds is 7. The normalized spacial score (nSPS) is 11.3. The molecule has 2 rings (SSSR count). The summed E-state index contributed by atoms with van der Waals surface area (Å²) >= 11 is 5.23. The van der Waals surface area contributed by atoms with Crippen LogP contribution in [0.25, 0.3) is 0 Å². The Hall–Kier alpha value is -1.80. The van der Waals surface area contributed by atoms with Crippen molar-refractivity contribution in [2.45, 2.75) is 26.4 Å². The maximum Gasteiger partial charge on any atom is 0.191 e. The van der Waals surface area contributed by atoms with Crippen LogP contribution in [0.5, 0.6) is 11.5 Å². The molecule has 2 aromatic rings. The van der Waals surface area contributed by atoms with Crippen LogP contribution >= 0.6 is 27.3 Å². The van der Waals surface area contributed by atoms with E-state index < -0.39 is 0 Å². The van der Waals surface area contributed by atoms with Crippen LogP contribution in [-0.2, 0) is 19.5 Å². The molecule has 0 atom stereocenters. The van der Waals surface area contributed by atoms with Crippen LogP contribution in [-0.4, -0.2) is 32.2 Å². The molecule has 0 aliphatic carbocycles. The number of nitrogens with zero attached hydrogens (tertiary/aromatic N) is 2. The van der Waals surface area contributed by atoms with Crippen molar-refractivity contribution in [1.82, 2.24) is 15.6 Å². The fourth-order valence-corrected chi connectivity index (χ4v) is 3.69. The Morgan fingerprint density at radius 2 is 2.00 bits per heavy atom. The third kappa shape index (κ3) is 5.34. The minimum Gasteiger partial charge on any atom is -0.493 e. The minimum absolute atomic E-state index is 0.608. The number of benzene rings is 1. The van der Waals surface area contributed by atoms with Crippen LogP contribution in [0.2, 0.25) is 0 Å². The Morgan fingerprint density at radius 3 is 2.60 bits per heavy atom.